The van der Waals surface area contributed by atoms with E-state index in [1.807, 2.05) is 29.6 Å². The second-order valence-electron chi connectivity index (χ2n) is 6.23. The minimum atomic E-state index is -0.568. The number of aromatic nitrogens is 1. The third kappa shape index (κ3) is 5.14. The third-order valence-electron chi connectivity index (χ3n) is 4.06. The molecule has 0 atom stereocenters. The van der Waals surface area contributed by atoms with Crippen LogP contribution in [-0.2, 0) is 17.0 Å². The van der Waals surface area contributed by atoms with Crippen LogP contribution in [0.3, 0.4) is 0 Å². The number of thioether (sulfide) groups is 1. The second-order valence-corrected chi connectivity index (χ2v) is 9.23. The number of hydrogen-bond acceptors (Lipinski definition) is 6. The highest BCUT2D eigenvalue weighted by Crippen LogP contribution is 2.27. The number of amides is 1. The Bertz CT molecular complexity index is 1220. The van der Waals surface area contributed by atoms with Gasteiger partial charge in [-0.25, -0.2) is 9.78 Å². The number of hydrogen-bond donors (Lipinski definition) is 1. The van der Waals surface area contributed by atoms with Crippen LogP contribution in [0.4, 0.5) is 5.69 Å². The summed E-state index contributed by atoms with van der Waals surface area (Å²) in [4.78, 5) is 28.9. The Hall–Kier alpha value is -2.42. The molecule has 29 heavy (non-hydrogen) atoms. The van der Waals surface area contributed by atoms with Gasteiger partial charge in [0, 0.05) is 21.0 Å². The lowest BCUT2D eigenvalue weighted by molar-refractivity contribution is -0.115. The summed E-state index contributed by atoms with van der Waals surface area (Å²) in [5.41, 5.74) is 1.93. The number of nitrogens with one attached hydrogen (secondary N) is 1. The van der Waals surface area contributed by atoms with Gasteiger partial charge in [0.15, 0.2) is 0 Å². The fourth-order valence-corrected chi connectivity index (χ4v) is 4.73. The Balaban J connectivity index is 1.37. The highest BCUT2D eigenvalue weighted by Gasteiger charge is 2.12. The van der Waals surface area contributed by atoms with Gasteiger partial charge < -0.3 is 9.73 Å². The molecule has 0 saturated heterocycles. The second kappa shape index (κ2) is 8.94. The summed E-state index contributed by atoms with van der Waals surface area (Å²) in [5, 5.41) is 5.25. The smallest absolute Gasteiger partial charge is 0.360 e. The first kappa shape index (κ1) is 19.9. The maximum absolute atomic E-state index is 12.4. The van der Waals surface area contributed by atoms with Crippen LogP contribution < -0.4 is 10.9 Å². The Labute approximate surface area is 183 Å². The Kier molecular flexibility index (Phi) is 6.13. The van der Waals surface area contributed by atoms with Gasteiger partial charge in [-0.3, -0.25) is 4.79 Å². The number of benzene rings is 2. The van der Waals surface area contributed by atoms with Crippen molar-refractivity contribution in [2.24, 2.45) is 0 Å². The van der Waals surface area contributed by atoms with E-state index in [0.29, 0.717) is 11.3 Å². The fourth-order valence-electron chi connectivity index (χ4n) is 2.67. The monoisotopic (exact) mass is 486 g/mol. The topological polar surface area (TPSA) is 72.2 Å². The van der Waals surface area contributed by atoms with Crippen LogP contribution in [0.15, 0.2) is 78.0 Å². The summed E-state index contributed by atoms with van der Waals surface area (Å²) >= 11 is 6.57. The van der Waals surface area contributed by atoms with Gasteiger partial charge >= 0.3 is 5.63 Å². The number of carbonyl (C=O) groups excluding carboxylic acids is 1. The Morgan fingerprint density at radius 1 is 1.17 bits per heavy atom. The van der Waals surface area contributed by atoms with Gasteiger partial charge in [0.25, 0.3) is 0 Å². The molecule has 0 saturated carbocycles. The Morgan fingerprint density at radius 2 is 1.97 bits per heavy atom. The van der Waals surface area contributed by atoms with Gasteiger partial charge in [0.1, 0.15) is 15.6 Å². The van der Waals surface area contributed by atoms with E-state index in [1.165, 1.54) is 16.9 Å². The first-order valence-electron chi connectivity index (χ1n) is 8.71. The summed E-state index contributed by atoms with van der Waals surface area (Å²) in [6, 6.07) is 16.9. The number of para-hydroxylation sites is 1. The predicted molar refractivity (Wildman–Crippen MR) is 121 cm³/mol. The van der Waals surface area contributed by atoms with Crippen molar-refractivity contribution in [2.45, 2.75) is 16.5 Å². The highest BCUT2D eigenvalue weighted by atomic mass is 79.9. The number of thiazole rings is 1. The van der Waals surface area contributed by atoms with Gasteiger partial charge in [-0.05, 0) is 29.8 Å². The molecular formula is C21H15BrN2O3S2. The molecule has 4 aromatic rings. The van der Waals surface area contributed by atoms with Crippen LogP contribution in [0.5, 0.6) is 0 Å². The lowest BCUT2D eigenvalue weighted by atomic mass is 10.2. The summed E-state index contributed by atoms with van der Waals surface area (Å²) in [6.07, 6.45) is 0.0988. The van der Waals surface area contributed by atoms with E-state index in [4.69, 9.17) is 4.42 Å². The number of fused-ring (bicyclic) bond motifs is 1. The van der Waals surface area contributed by atoms with E-state index in [-0.39, 0.29) is 18.0 Å². The maximum atomic E-state index is 12.4. The summed E-state index contributed by atoms with van der Waals surface area (Å²) < 4.78 is 7.19. The average Bonchev–Trinajstić information content (AvgIpc) is 3.15. The summed E-state index contributed by atoms with van der Waals surface area (Å²) in [6.45, 7) is 0. The van der Waals surface area contributed by atoms with Crippen molar-refractivity contribution in [3.05, 3.63) is 86.1 Å². The quantitative estimate of drug-likeness (QED) is 0.288. The molecule has 0 aliphatic carbocycles. The van der Waals surface area contributed by atoms with Gasteiger partial charge in [0.2, 0.25) is 5.91 Å². The SMILES string of the molecule is O=C(Cc1csc(SCc2ccc(Br)cc2)n1)Nc1cc2ccccc2oc1=O. The van der Waals surface area contributed by atoms with Gasteiger partial charge in [-0.1, -0.05) is 58.0 Å². The van der Waals surface area contributed by atoms with Crippen LogP contribution in [0.25, 0.3) is 11.0 Å². The molecule has 1 N–H and O–H groups in total. The molecule has 0 radical (unpaired) electrons. The summed E-state index contributed by atoms with van der Waals surface area (Å²) in [7, 11) is 0. The summed E-state index contributed by atoms with van der Waals surface area (Å²) in [5.74, 6) is 0.507. The number of rotatable bonds is 6. The molecule has 2 aromatic carbocycles. The number of halogens is 1. The molecule has 2 heterocycles. The van der Waals surface area contributed by atoms with Crippen molar-refractivity contribution in [1.82, 2.24) is 4.98 Å². The van der Waals surface area contributed by atoms with Gasteiger partial charge in [0.05, 0.1) is 12.1 Å². The van der Waals surface area contributed by atoms with Crippen molar-refractivity contribution in [3.63, 3.8) is 0 Å². The zero-order valence-corrected chi connectivity index (χ0v) is 18.3. The molecule has 8 heteroatoms. The van der Waals surface area contributed by atoms with Crippen molar-refractivity contribution in [1.29, 1.82) is 0 Å². The highest BCUT2D eigenvalue weighted by molar-refractivity contribution is 9.10. The average molecular weight is 487 g/mol. The Morgan fingerprint density at radius 3 is 2.79 bits per heavy atom. The standard InChI is InChI=1S/C21H15BrN2O3S2/c22-15-7-5-13(6-8-15)11-28-21-23-16(12-29-21)10-19(25)24-17-9-14-3-1-2-4-18(14)27-20(17)26/h1-9,12H,10-11H2,(H,24,25). The van der Waals surface area contributed by atoms with Crippen molar-refractivity contribution in [2.75, 3.05) is 5.32 Å². The van der Waals surface area contributed by atoms with E-state index in [0.717, 1.165) is 20.0 Å². The van der Waals surface area contributed by atoms with E-state index in [9.17, 15) is 9.59 Å². The molecule has 1 amide bonds. The number of anilines is 1. The van der Waals surface area contributed by atoms with E-state index in [1.54, 1.807) is 30.0 Å². The molecule has 4 rings (SSSR count). The lowest BCUT2D eigenvalue weighted by Gasteiger charge is -2.04. The first-order valence-corrected chi connectivity index (χ1v) is 11.4. The third-order valence-corrected chi connectivity index (χ3v) is 6.73. The number of nitrogens with zero attached hydrogens (tertiary/aromatic N) is 1. The van der Waals surface area contributed by atoms with E-state index < -0.39 is 5.63 Å². The van der Waals surface area contributed by atoms with Crippen LogP contribution in [-0.4, -0.2) is 10.9 Å². The van der Waals surface area contributed by atoms with Crippen LogP contribution in [0, 0.1) is 0 Å². The van der Waals surface area contributed by atoms with Crippen LogP contribution >= 0.6 is 39.0 Å². The molecule has 0 fully saturated rings. The largest absolute Gasteiger partial charge is 0.421 e. The lowest BCUT2D eigenvalue weighted by Crippen LogP contribution is -2.19. The van der Waals surface area contributed by atoms with Crippen molar-refractivity contribution >= 4 is 61.6 Å². The molecule has 0 aliphatic heterocycles. The normalized spacial score (nSPS) is 10.9. The van der Waals surface area contributed by atoms with Crippen LogP contribution in [0.1, 0.15) is 11.3 Å². The fraction of sp³-hybridized carbons (Fsp3) is 0.0952. The molecule has 0 bridgehead atoms. The molecule has 146 valence electrons. The molecule has 2 aromatic heterocycles. The minimum absolute atomic E-state index is 0.0988. The predicted octanol–water partition coefficient (Wildman–Crippen LogP) is 5.49. The van der Waals surface area contributed by atoms with E-state index >= 15 is 0 Å². The van der Waals surface area contributed by atoms with Gasteiger partial charge in [-0.2, -0.15) is 0 Å². The molecule has 0 unspecified atom stereocenters. The maximum Gasteiger partial charge on any atom is 0.360 e. The molecule has 5 nitrogen and oxygen atoms in total. The van der Waals surface area contributed by atoms with Crippen molar-refractivity contribution < 1.29 is 9.21 Å². The molecule has 0 aliphatic rings. The molecule has 0 spiro atoms. The van der Waals surface area contributed by atoms with E-state index in [2.05, 4.69) is 38.4 Å². The minimum Gasteiger partial charge on any atom is -0.421 e. The van der Waals surface area contributed by atoms with Crippen LogP contribution in [0.2, 0.25) is 0 Å². The van der Waals surface area contributed by atoms with Gasteiger partial charge in [-0.15, -0.1) is 11.3 Å². The first-order chi connectivity index (χ1) is 14.1. The zero-order chi connectivity index (χ0) is 20.2. The molecular weight excluding hydrogens is 472 g/mol. The zero-order valence-electron chi connectivity index (χ0n) is 15.1. The van der Waals surface area contributed by atoms with Crippen molar-refractivity contribution in [3.8, 4) is 0 Å². The number of carbonyl (C=O) groups is 1.